The number of morpholine rings is 1. The number of carbonyl (C=O) groups is 1. The maximum Gasteiger partial charge on any atom is 0.273 e. The summed E-state index contributed by atoms with van der Waals surface area (Å²) >= 11 is 1.45. The van der Waals surface area contributed by atoms with Gasteiger partial charge in [-0.3, -0.25) is 4.79 Å². The normalized spacial score (nSPS) is 14.9. The van der Waals surface area contributed by atoms with Crippen LogP contribution in [0.1, 0.15) is 21.1 Å². The summed E-state index contributed by atoms with van der Waals surface area (Å²) in [6.07, 6.45) is 0. The van der Waals surface area contributed by atoms with Crippen LogP contribution in [0, 0.1) is 6.92 Å². The van der Waals surface area contributed by atoms with Crippen LogP contribution in [-0.2, 0) is 11.3 Å². The molecule has 116 valence electrons. The van der Waals surface area contributed by atoms with E-state index in [1.54, 1.807) is 10.3 Å². The molecular weight excluding hydrogens is 300 g/mol. The predicted octanol–water partition coefficient (Wildman–Crippen LogP) is 2.50. The van der Waals surface area contributed by atoms with Gasteiger partial charge in [-0.05, 0) is 19.1 Å². The summed E-state index contributed by atoms with van der Waals surface area (Å²) in [5, 5.41) is 2.60. The maximum absolute atomic E-state index is 12.3. The first-order valence-corrected chi connectivity index (χ1v) is 8.11. The van der Waals surface area contributed by atoms with Crippen molar-refractivity contribution in [3.8, 4) is 5.75 Å². The number of amides is 1. The molecule has 1 saturated heterocycles. The molecule has 0 unspecified atom stereocenters. The molecule has 0 radical (unpaired) electrons. The molecule has 0 aliphatic carbocycles. The zero-order valence-corrected chi connectivity index (χ0v) is 13.3. The van der Waals surface area contributed by atoms with Crippen molar-refractivity contribution in [1.29, 1.82) is 0 Å². The minimum absolute atomic E-state index is 0.0267. The van der Waals surface area contributed by atoms with Crippen molar-refractivity contribution in [2.24, 2.45) is 0 Å². The molecule has 2 aromatic rings. The van der Waals surface area contributed by atoms with Gasteiger partial charge in [0.25, 0.3) is 5.91 Å². The highest BCUT2D eigenvalue weighted by atomic mass is 32.1. The number of benzene rings is 1. The van der Waals surface area contributed by atoms with E-state index < -0.39 is 0 Å². The first kappa shape index (κ1) is 15.0. The lowest BCUT2D eigenvalue weighted by Crippen LogP contribution is -2.40. The Bertz CT molecular complexity index is 633. The molecule has 1 aliphatic rings. The predicted molar refractivity (Wildman–Crippen MR) is 84.3 cm³/mol. The Balaban J connectivity index is 1.58. The van der Waals surface area contributed by atoms with Crippen LogP contribution >= 0.6 is 11.3 Å². The second-order valence-electron chi connectivity index (χ2n) is 5.13. The third-order valence-electron chi connectivity index (χ3n) is 3.45. The summed E-state index contributed by atoms with van der Waals surface area (Å²) < 4.78 is 10.9. The van der Waals surface area contributed by atoms with Crippen molar-refractivity contribution in [2.75, 3.05) is 26.3 Å². The van der Waals surface area contributed by atoms with Gasteiger partial charge < -0.3 is 14.4 Å². The van der Waals surface area contributed by atoms with Crippen molar-refractivity contribution in [2.45, 2.75) is 13.5 Å². The molecule has 5 nitrogen and oxygen atoms in total. The molecule has 1 aliphatic heterocycles. The highest BCUT2D eigenvalue weighted by Crippen LogP contribution is 2.17. The molecule has 0 atom stereocenters. The standard InChI is InChI=1S/C16H18N2O3S/c1-12-2-4-13(5-3-12)21-10-15-17-14(11-22-15)16(19)18-6-8-20-9-7-18/h2-5,11H,6-10H2,1H3. The largest absolute Gasteiger partial charge is 0.486 e. The molecule has 3 rings (SSSR count). The van der Waals surface area contributed by atoms with Crippen LogP contribution in [-0.4, -0.2) is 42.1 Å². The fourth-order valence-corrected chi connectivity index (χ4v) is 2.86. The van der Waals surface area contributed by atoms with E-state index in [1.807, 2.05) is 31.2 Å². The topological polar surface area (TPSA) is 51.7 Å². The fourth-order valence-electron chi connectivity index (χ4n) is 2.18. The summed E-state index contributed by atoms with van der Waals surface area (Å²) in [6, 6.07) is 7.88. The van der Waals surface area contributed by atoms with E-state index in [9.17, 15) is 4.79 Å². The Morgan fingerprint density at radius 1 is 1.32 bits per heavy atom. The van der Waals surface area contributed by atoms with Gasteiger partial charge in [-0.15, -0.1) is 11.3 Å². The van der Waals surface area contributed by atoms with Crippen molar-refractivity contribution in [3.63, 3.8) is 0 Å². The number of hydrogen-bond donors (Lipinski definition) is 0. The number of aromatic nitrogens is 1. The van der Waals surface area contributed by atoms with Crippen molar-refractivity contribution >= 4 is 17.2 Å². The van der Waals surface area contributed by atoms with Crippen LogP contribution in [0.2, 0.25) is 0 Å². The summed E-state index contributed by atoms with van der Waals surface area (Å²) in [7, 11) is 0. The van der Waals surface area contributed by atoms with Crippen LogP contribution in [0.3, 0.4) is 0 Å². The summed E-state index contributed by atoms with van der Waals surface area (Å²) in [6.45, 7) is 4.87. The lowest BCUT2D eigenvalue weighted by atomic mass is 10.2. The highest BCUT2D eigenvalue weighted by molar-refractivity contribution is 7.09. The number of nitrogens with zero attached hydrogens (tertiary/aromatic N) is 2. The Kier molecular flexibility index (Phi) is 4.70. The zero-order chi connectivity index (χ0) is 15.4. The number of carbonyl (C=O) groups excluding carboxylic acids is 1. The molecule has 22 heavy (non-hydrogen) atoms. The van der Waals surface area contributed by atoms with Gasteiger partial charge in [-0.2, -0.15) is 0 Å². The number of thiazole rings is 1. The Morgan fingerprint density at radius 2 is 2.05 bits per heavy atom. The molecule has 1 amide bonds. The Labute approximate surface area is 133 Å². The molecular formula is C16H18N2O3S. The molecule has 1 aromatic heterocycles. The summed E-state index contributed by atoms with van der Waals surface area (Å²) in [4.78, 5) is 18.5. The van der Waals surface area contributed by atoms with Crippen LogP contribution in [0.4, 0.5) is 0 Å². The van der Waals surface area contributed by atoms with Gasteiger partial charge in [0.05, 0.1) is 13.2 Å². The zero-order valence-electron chi connectivity index (χ0n) is 12.4. The lowest BCUT2D eigenvalue weighted by Gasteiger charge is -2.25. The molecule has 0 spiro atoms. The number of hydrogen-bond acceptors (Lipinski definition) is 5. The quantitative estimate of drug-likeness (QED) is 0.869. The first-order chi connectivity index (χ1) is 10.7. The summed E-state index contributed by atoms with van der Waals surface area (Å²) in [5.74, 6) is 0.781. The third kappa shape index (κ3) is 3.64. The van der Waals surface area contributed by atoms with Crippen LogP contribution < -0.4 is 4.74 Å². The average Bonchev–Trinajstić information content (AvgIpc) is 3.03. The maximum atomic E-state index is 12.3. The Morgan fingerprint density at radius 3 is 2.77 bits per heavy atom. The number of aryl methyl sites for hydroxylation is 1. The van der Waals surface area contributed by atoms with Gasteiger partial charge in [0.2, 0.25) is 0 Å². The third-order valence-corrected chi connectivity index (χ3v) is 4.27. The van der Waals surface area contributed by atoms with Crippen LogP contribution in [0.5, 0.6) is 5.75 Å². The second kappa shape index (κ2) is 6.89. The van der Waals surface area contributed by atoms with E-state index in [0.29, 0.717) is 38.6 Å². The lowest BCUT2D eigenvalue weighted by molar-refractivity contribution is 0.0299. The molecule has 0 bridgehead atoms. The van der Waals surface area contributed by atoms with E-state index in [0.717, 1.165) is 10.8 Å². The molecule has 0 saturated carbocycles. The first-order valence-electron chi connectivity index (χ1n) is 7.23. The van der Waals surface area contributed by atoms with Gasteiger partial charge >= 0.3 is 0 Å². The van der Waals surface area contributed by atoms with Gasteiger partial charge in [0.15, 0.2) is 0 Å². The second-order valence-corrected chi connectivity index (χ2v) is 6.08. The van der Waals surface area contributed by atoms with E-state index in [1.165, 1.54) is 16.9 Å². The highest BCUT2D eigenvalue weighted by Gasteiger charge is 2.20. The van der Waals surface area contributed by atoms with E-state index in [4.69, 9.17) is 9.47 Å². The average molecular weight is 318 g/mol. The van der Waals surface area contributed by atoms with Crippen molar-refractivity contribution in [1.82, 2.24) is 9.88 Å². The smallest absolute Gasteiger partial charge is 0.273 e. The van der Waals surface area contributed by atoms with Gasteiger partial charge in [-0.25, -0.2) is 4.98 Å². The minimum atomic E-state index is -0.0267. The van der Waals surface area contributed by atoms with E-state index in [-0.39, 0.29) is 5.91 Å². The monoisotopic (exact) mass is 318 g/mol. The molecule has 0 N–H and O–H groups in total. The number of ether oxygens (including phenoxy) is 2. The molecule has 1 aromatic carbocycles. The van der Waals surface area contributed by atoms with Crippen molar-refractivity contribution in [3.05, 3.63) is 45.9 Å². The van der Waals surface area contributed by atoms with Crippen LogP contribution in [0.25, 0.3) is 0 Å². The van der Waals surface area contributed by atoms with E-state index in [2.05, 4.69) is 4.98 Å². The SMILES string of the molecule is Cc1ccc(OCc2nc(C(=O)N3CCOCC3)cs2)cc1. The number of rotatable bonds is 4. The van der Waals surface area contributed by atoms with Crippen LogP contribution in [0.15, 0.2) is 29.6 Å². The van der Waals surface area contributed by atoms with Crippen molar-refractivity contribution < 1.29 is 14.3 Å². The molecule has 1 fully saturated rings. The fraction of sp³-hybridized carbons (Fsp3) is 0.375. The van der Waals surface area contributed by atoms with Gasteiger partial charge in [0, 0.05) is 18.5 Å². The minimum Gasteiger partial charge on any atom is -0.486 e. The summed E-state index contributed by atoms with van der Waals surface area (Å²) in [5.41, 5.74) is 1.69. The van der Waals surface area contributed by atoms with Gasteiger partial charge in [0.1, 0.15) is 23.1 Å². The Hall–Kier alpha value is -1.92. The van der Waals surface area contributed by atoms with E-state index >= 15 is 0 Å². The molecule has 2 heterocycles. The van der Waals surface area contributed by atoms with Gasteiger partial charge in [-0.1, -0.05) is 17.7 Å². The molecule has 6 heteroatoms.